The van der Waals surface area contributed by atoms with Crippen LogP contribution in [0.5, 0.6) is 0 Å². The van der Waals surface area contributed by atoms with Crippen molar-refractivity contribution in [3.05, 3.63) is 78.0 Å². The predicted molar refractivity (Wildman–Crippen MR) is 111 cm³/mol. The van der Waals surface area contributed by atoms with Crippen LogP contribution in [0, 0.1) is 5.92 Å². The largest absolute Gasteiger partial charge is 0.480 e. The zero-order chi connectivity index (χ0) is 21.7. The fraction of sp³-hybridized carbons (Fsp3) is 0.261. The molecule has 0 saturated heterocycles. The van der Waals surface area contributed by atoms with Gasteiger partial charge in [-0.1, -0.05) is 74.5 Å². The van der Waals surface area contributed by atoms with Crippen LogP contribution in [0.2, 0.25) is 0 Å². The third-order valence-corrected chi connectivity index (χ3v) is 4.78. The van der Waals surface area contributed by atoms with Gasteiger partial charge in [0.05, 0.1) is 5.70 Å². The van der Waals surface area contributed by atoms with Crippen LogP contribution in [-0.2, 0) is 20.9 Å². The highest BCUT2D eigenvalue weighted by Gasteiger charge is 2.41. The lowest BCUT2D eigenvalue weighted by molar-refractivity contribution is -0.144. The summed E-state index contributed by atoms with van der Waals surface area (Å²) in [6, 6.07) is 17.3. The number of carboxylic acid groups (broad SMARTS) is 1. The average molecular weight is 408 g/mol. The Kier molecular flexibility index (Phi) is 6.51. The number of rotatable bonds is 6. The Balaban J connectivity index is 1.96. The third-order valence-electron chi connectivity index (χ3n) is 4.78. The van der Waals surface area contributed by atoms with Crippen molar-refractivity contribution in [2.45, 2.75) is 26.5 Å². The van der Waals surface area contributed by atoms with Gasteiger partial charge in [-0.2, -0.15) is 0 Å². The minimum atomic E-state index is -1.13. The summed E-state index contributed by atoms with van der Waals surface area (Å²) in [4.78, 5) is 40.1. The molecule has 1 aliphatic heterocycles. The number of carbonyl (C=O) groups is 3. The Hall–Kier alpha value is -3.61. The molecule has 0 spiro atoms. The standard InChI is InChI=1S/C23H24N2O5/c1-16(2)21-22(28)24(14-20(26)27)19(18-11-7-4-8-12-18)13-25(21)23(29)30-15-17-9-5-3-6-10-17/h3-13,16,21H,14-15H2,1-2H3,(H,26,27)/t21-/m0/s1. The van der Waals surface area contributed by atoms with Gasteiger partial charge in [-0.15, -0.1) is 0 Å². The van der Waals surface area contributed by atoms with Crippen LogP contribution < -0.4 is 0 Å². The molecule has 1 N–H and O–H groups in total. The van der Waals surface area contributed by atoms with E-state index in [1.807, 2.05) is 36.4 Å². The minimum absolute atomic E-state index is 0.0720. The van der Waals surface area contributed by atoms with Gasteiger partial charge in [0.15, 0.2) is 0 Å². The first-order chi connectivity index (χ1) is 14.4. The molecular weight excluding hydrogens is 384 g/mol. The van der Waals surface area contributed by atoms with Crippen molar-refractivity contribution in [2.75, 3.05) is 6.54 Å². The molecule has 0 aromatic heterocycles. The molecule has 1 atom stereocenters. The van der Waals surface area contributed by atoms with E-state index in [0.29, 0.717) is 11.3 Å². The van der Waals surface area contributed by atoms with Gasteiger partial charge < -0.3 is 9.84 Å². The maximum atomic E-state index is 13.2. The topological polar surface area (TPSA) is 87.2 Å². The fourth-order valence-electron chi connectivity index (χ4n) is 3.38. The molecule has 0 fully saturated rings. The first-order valence-corrected chi connectivity index (χ1v) is 9.68. The minimum Gasteiger partial charge on any atom is -0.480 e. The monoisotopic (exact) mass is 408 g/mol. The summed E-state index contributed by atoms with van der Waals surface area (Å²) in [5.74, 6) is -1.83. The van der Waals surface area contributed by atoms with Crippen molar-refractivity contribution in [2.24, 2.45) is 5.92 Å². The Morgan fingerprint density at radius 2 is 1.63 bits per heavy atom. The summed E-state index contributed by atoms with van der Waals surface area (Å²) >= 11 is 0. The number of ether oxygens (including phenoxy) is 1. The molecule has 0 unspecified atom stereocenters. The molecule has 0 radical (unpaired) electrons. The molecule has 1 heterocycles. The number of hydrogen-bond donors (Lipinski definition) is 1. The van der Waals surface area contributed by atoms with Gasteiger partial charge in [-0.25, -0.2) is 4.79 Å². The maximum absolute atomic E-state index is 13.2. The highest BCUT2D eigenvalue weighted by Crippen LogP contribution is 2.30. The smallest absolute Gasteiger partial charge is 0.414 e. The molecule has 2 aromatic rings. The lowest BCUT2D eigenvalue weighted by Crippen LogP contribution is -2.55. The third kappa shape index (κ3) is 4.68. The van der Waals surface area contributed by atoms with Crippen molar-refractivity contribution in [3.63, 3.8) is 0 Å². The molecule has 3 rings (SSSR count). The zero-order valence-corrected chi connectivity index (χ0v) is 16.9. The molecule has 7 heteroatoms. The number of carbonyl (C=O) groups excluding carboxylic acids is 2. The first-order valence-electron chi connectivity index (χ1n) is 9.68. The maximum Gasteiger partial charge on any atom is 0.414 e. The molecule has 1 aliphatic rings. The Labute approximate surface area is 175 Å². The molecule has 0 aliphatic carbocycles. The highest BCUT2D eigenvalue weighted by atomic mass is 16.6. The second-order valence-electron chi connectivity index (χ2n) is 7.33. The molecule has 7 nitrogen and oxygen atoms in total. The van der Waals surface area contributed by atoms with E-state index in [-0.39, 0.29) is 12.5 Å². The molecular formula is C23H24N2O5. The van der Waals surface area contributed by atoms with Crippen molar-refractivity contribution in [1.82, 2.24) is 9.80 Å². The summed E-state index contributed by atoms with van der Waals surface area (Å²) in [5, 5.41) is 9.33. The van der Waals surface area contributed by atoms with Crippen LogP contribution in [-0.4, -0.2) is 45.5 Å². The van der Waals surface area contributed by atoms with E-state index in [1.165, 1.54) is 16.0 Å². The lowest BCUT2D eigenvalue weighted by atomic mass is 9.97. The first kappa shape index (κ1) is 21.1. The van der Waals surface area contributed by atoms with E-state index in [1.54, 1.807) is 38.1 Å². The number of amides is 2. The van der Waals surface area contributed by atoms with Crippen molar-refractivity contribution < 1.29 is 24.2 Å². The SMILES string of the molecule is CC(C)[C@H]1C(=O)N(CC(=O)O)C(c2ccccc2)=CN1C(=O)OCc1ccccc1. The van der Waals surface area contributed by atoms with Crippen LogP contribution in [0.1, 0.15) is 25.0 Å². The van der Waals surface area contributed by atoms with E-state index in [2.05, 4.69) is 0 Å². The summed E-state index contributed by atoms with van der Waals surface area (Å²) < 4.78 is 5.45. The normalized spacial score (nSPS) is 16.4. The van der Waals surface area contributed by atoms with Crippen LogP contribution in [0.3, 0.4) is 0 Å². The van der Waals surface area contributed by atoms with E-state index in [9.17, 15) is 19.5 Å². The van der Waals surface area contributed by atoms with Gasteiger partial charge in [0.1, 0.15) is 19.2 Å². The van der Waals surface area contributed by atoms with E-state index >= 15 is 0 Å². The molecule has 30 heavy (non-hydrogen) atoms. The van der Waals surface area contributed by atoms with Crippen molar-refractivity contribution in [1.29, 1.82) is 0 Å². The van der Waals surface area contributed by atoms with E-state index < -0.39 is 30.6 Å². The predicted octanol–water partition coefficient (Wildman–Crippen LogP) is 3.58. The van der Waals surface area contributed by atoms with Gasteiger partial charge in [0.25, 0.3) is 5.91 Å². The van der Waals surface area contributed by atoms with Crippen molar-refractivity contribution in [3.8, 4) is 0 Å². The summed E-state index contributed by atoms with van der Waals surface area (Å²) in [7, 11) is 0. The second-order valence-corrected chi connectivity index (χ2v) is 7.33. The Bertz CT molecular complexity index is 941. The second kappa shape index (κ2) is 9.26. The van der Waals surface area contributed by atoms with Crippen LogP contribution in [0.4, 0.5) is 4.79 Å². The molecule has 156 valence electrons. The number of aliphatic carboxylic acids is 1. The number of benzene rings is 2. The number of nitrogens with zero attached hydrogens (tertiary/aromatic N) is 2. The highest BCUT2D eigenvalue weighted by molar-refractivity contribution is 5.98. The number of hydrogen-bond acceptors (Lipinski definition) is 4. The van der Waals surface area contributed by atoms with Gasteiger partial charge in [0, 0.05) is 6.20 Å². The van der Waals surface area contributed by atoms with Gasteiger partial charge in [-0.05, 0) is 17.0 Å². The summed E-state index contributed by atoms with van der Waals surface area (Å²) in [5.41, 5.74) is 1.81. The Morgan fingerprint density at radius 1 is 1.03 bits per heavy atom. The number of carboxylic acids is 1. The van der Waals surface area contributed by atoms with Crippen molar-refractivity contribution >= 4 is 23.7 Å². The van der Waals surface area contributed by atoms with Gasteiger partial charge in [-0.3, -0.25) is 19.4 Å². The molecule has 2 amide bonds. The van der Waals surface area contributed by atoms with Gasteiger partial charge >= 0.3 is 12.1 Å². The molecule has 0 saturated carbocycles. The van der Waals surface area contributed by atoms with Crippen LogP contribution in [0.25, 0.3) is 5.70 Å². The lowest BCUT2D eigenvalue weighted by Gasteiger charge is -2.40. The zero-order valence-electron chi connectivity index (χ0n) is 16.9. The van der Waals surface area contributed by atoms with Gasteiger partial charge in [0.2, 0.25) is 0 Å². The summed E-state index contributed by atoms with van der Waals surface area (Å²) in [6.45, 7) is 3.19. The Morgan fingerprint density at radius 3 is 2.20 bits per heavy atom. The summed E-state index contributed by atoms with van der Waals surface area (Å²) in [6.07, 6.45) is 0.854. The molecule has 0 bridgehead atoms. The quantitative estimate of drug-likeness (QED) is 0.790. The van der Waals surface area contributed by atoms with E-state index in [0.717, 1.165) is 5.56 Å². The van der Waals surface area contributed by atoms with E-state index in [4.69, 9.17) is 4.74 Å². The van der Waals surface area contributed by atoms with Crippen LogP contribution in [0.15, 0.2) is 66.9 Å². The fourth-order valence-corrected chi connectivity index (χ4v) is 3.38. The average Bonchev–Trinajstić information content (AvgIpc) is 2.74. The molecule has 2 aromatic carbocycles. The van der Waals surface area contributed by atoms with Crippen LogP contribution >= 0.6 is 0 Å².